The van der Waals surface area contributed by atoms with Gasteiger partial charge in [-0.05, 0) is 38.5 Å². The van der Waals surface area contributed by atoms with Crippen LogP contribution in [0.25, 0.3) is 0 Å². The molecule has 1 N–H and O–H groups in total. The lowest BCUT2D eigenvalue weighted by atomic mass is 10.1. The van der Waals surface area contributed by atoms with Gasteiger partial charge in [0.2, 0.25) is 0 Å². The van der Waals surface area contributed by atoms with Gasteiger partial charge in [0.15, 0.2) is 0 Å². The Morgan fingerprint density at radius 2 is 1.69 bits per heavy atom. The Morgan fingerprint density at radius 1 is 1.06 bits per heavy atom. The maximum Gasteiger partial charge on any atom is 0.119 e. The monoisotopic (exact) mass is 224 g/mol. The molecule has 3 heteroatoms. The molecule has 1 aromatic carbocycles. The van der Waals surface area contributed by atoms with Crippen LogP contribution < -0.4 is 4.74 Å². The van der Waals surface area contributed by atoms with Crippen molar-refractivity contribution < 1.29 is 14.6 Å². The Kier molecular flexibility index (Phi) is 5.29. The fourth-order valence-electron chi connectivity index (χ4n) is 1.29. The molecule has 0 aromatic heterocycles. The highest BCUT2D eigenvalue weighted by Gasteiger charge is 2.00. The molecule has 0 unspecified atom stereocenters. The Morgan fingerprint density at radius 3 is 2.19 bits per heavy atom. The molecule has 0 radical (unpaired) electrons. The molecule has 0 fully saturated rings. The second-order valence-corrected chi connectivity index (χ2v) is 4.01. The van der Waals surface area contributed by atoms with Gasteiger partial charge in [0.25, 0.3) is 0 Å². The Bertz CT molecular complexity index is 291. The van der Waals surface area contributed by atoms with Gasteiger partial charge < -0.3 is 14.6 Å². The fourth-order valence-corrected chi connectivity index (χ4v) is 1.29. The highest BCUT2D eigenvalue weighted by Crippen LogP contribution is 2.17. The topological polar surface area (TPSA) is 38.7 Å². The number of ether oxygens (including phenoxy) is 2. The van der Waals surface area contributed by atoms with Gasteiger partial charge in [-0.2, -0.15) is 0 Å². The largest absolute Gasteiger partial charge is 0.491 e. The summed E-state index contributed by atoms with van der Waals surface area (Å²) in [6.07, 6.45) is -0.195. The predicted octanol–water partition coefficient (Wildman–Crippen LogP) is 2.54. The van der Waals surface area contributed by atoms with E-state index in [1.54, 1.807) is 6.92 Å². The van der Waals surface area contributed by atoms with Crippen molar-refractivity contribution in [1.82, 2.24) is 0 Å². The first-order chi connectivity index (χ1) is 7.59. The van der Waals surface area contributed by atoms with E-state index in [9.17, 15) is 5.11 Å². The van der Waals surface area contributed by atoms with Crippen LogP contribution in [0.5, 0.6) is 5.75 Å². The molecule has 0 spiro atoms. The second kappa shape index (κ2) is 6.51. The molecule has 0 saturated carbocycles. The molecule has 1 aromatic rings. The molecule has 1 atom stereocenters. The molecule has 3 nitrogen and oxygen atoms in total. The third-order valence-electron chi connectivity index (χ3n) is 2.17. The van der Waals surface area contributed by atoms with E-state index in [0.29, 0.717) is 13.2 Å². The van der Waals surface area contributed by atoms with Crippen LogP contribution in [0.15, 0.2) is 24.3 Å². The third kappa shape index (κ3) is 4.64. The predicted molar refractivity (Wildman–Crippen MR) is 63.7 cm³/mol. The SMILES string of the molecule is CC(C)OCCOc1ccc([C@@H](C)O)cc1. The summed E-state index contributed by atoms with van der Waals surface area (Å²) in [6.45, 7) is 6.88. The summed E-state index contributed by atoms with van der Waals surface area (Å²) in [7, 11) is 0. The van der Waals surface area contributed by atoms with E-state index in [0.717, 1.165) is 11.3 Å². The maximum absolute atomic E-state index is 9.33. The van der Waals surface area contributed by atoms with Crippen molar-refractivity contribution >= 4 is 0 Å². The van der Waals surface area contributed by atoms with Gasteiger partial charge >= 0.3 is 0 Å². The van der Waals surface area contributed by atoms with Crippen molar-refractivity contribution in [1.29, 1.82) is 0 Å². The van der Waals surface area contributed by atoms with Gasteiger partial charge in [0.05, 0.1) is 18.8 Å². The average Bonchev–Trinajstić information content (AvgIpc) is 2.25. The molecule has 0 aliphatic rings. The number of benzene rings is 1. The molecule has 90 valence electrons. The standard InChI is InChI=1S/C13H20O3/c1-10(2)15-8-9-16-13-6-4-12(5-7-13)11(3)14/h4-7,10-11,14H,8-9H2,1-3H3/t11-/m1/s1. The molecule has 0 bridgehead atoms. The van der Waals surface area contributed by atoms with E-state index in [-0.39, 0.29) is 6.10 Å². The van der Waals surface area contributed by atoms with E-state index in [4.69, 9.17) is 9.47 Å². The van der Waals surface area contributed by atoms with Crippen LogP contribution in [0.1, 0.15) is 32.4 Å². The molecule has 16 heavy (non-hydrogen) atoms. The summed E-state index contributed by atoms with van der Waals surface area (Å²) in [5.74, 6) is 0.803. The van der Waals surface area contributed by atoms with Crippen molar-refractivity contribution in [2.75, 3.05) is 13.2 Å². The first kappa shape index (κ1) is 13.0. The lowest BCUT2D eigenvalue weighted by molar-refractivity contribution is 0.0552. The second-order valence-electron chi connectivity index (χ2n) is 4.01. The van der Waals surface area contributed by atoms with Gasteiger partial charge in [-0.3, -0.25) is 0 Å². The van der Waals surface area contributed by atoms with Crippen LogP contribution in [0, 0.1) is 0 Å². The van der Waals surface area contributed by atoms with E-state index in [2.05, 4.69) is 0 Å². The maximum atomic E-state index is 9.33. The molecule has 0 saturated heterocycles. The summed E-state index contributed by atoms with van der Waals surface area (Å²) < 4.78 is 10.8. The fraction of sp³-hybridized carbons (Fsp3) is 0.538. The highest BCUT2D eigenvalue weighted by molar-refractivity contribution is 5.28. The van der Waals surface area contributed by atoms with E-state index >= 15 is 0 Å². The molecule has 1 rings (SSSR count). The quantitative estimate of drug-likeness (QED) is 0.755. The number of hydrogen-bond acceptors (Lipinski definition) is 3. The zero-order chi connectivity index (χ0) is 12.0. The molecule has 0 amide bonds. The van der Waals surface area contributed by atoms with Gasteiger partial charge in [-0.25, -0.2) is 0 Å². The van der Waals surface area contributed by atoms with Crippen LogP contribution >= 0.6 is 0 Å². The van der Waals surface area contributed by atoms with Crippen LogP contribution in [0.2, 0.25) is 0 Å². The summed E-state index contributed by atoms with van der Waals surface area (Å²) >= 11 is 0. The van der Waals surface area contributed by atoms with Crippen LogP contribution in [0.3, 0.4) is 0 Å². The van der Waals surface area contributed by atoms with Gasteiger partial charge in [0, 0.05) is 0 Å². The molecule has 0 aliphatic carbocycles. The van der Waals surface area contributed by atoms with Gasteiger partial charge in [-0.15, -0.1) is 0 Å². The summed E-state index contributed by atoms with van der Waals surface area (Å²) in [5.41, 5.74) is 0.894. The molecule has 0 aliphatic heterocycles. The smallest absolute Gasteiger partial charge is 0.119 e. The van der Waals surface area contributed by atoms with Crippen LogP contribution in [-0.4, -0.2) is 24.4 Å². The first-order valence-corrected chi connectivity index (χ1v) is 5.62. The zero-order valence-electron chi connectivity index (χ0n) is 10.1. The lowest BCUT2D eigenvalue weighted by Crippen LogP contribution is -2.11. The first-order valence-electron chi connectivity index (χ1n) is 5.62. The Labute approximate surface area is 97.0 Å². The van der Waals surface area contributed by atoms with Crippen LogP contribution in [-0.2, 0) is 4.74 Å². The summed E-state index contributed by atoms with van der Waals surface area (Å²) in [6, 6.07) is 7.45. The van der Waals surface area contributed by atoms with E-state index in [1.807, 2.05) is 38.1 Å². The van der Waals surface area contributed by atoms with Crippen molar-refractivity contribution in [2.45, 2.75) is 33.0 Å². The molecular formula is C13H20O3. The van der Waals surface area contributed by atoms with Crippen LogP contribution in [0.4, 0.5) is 0 Å². The summed E-state index contributed by atoms with van der Waals surface area (Å²) in [4.78, 5) is 0. The number of rotatable bonds is 6. The van der Waals surface area contributed by atoms with Crippen molar-refractivity contribution in [3.8, 4) is 5.75 Å². The Hall–Kier alpha value is -1.06. The average molecular weight is 224 g/mol. The minimum atomic E-state index is -0.432. The zero-order valence-corrected chi connectivity index (χ0v) is 10.1. The van der Waals surface area contributed by atoms with Gasteiger partial charge in [0.1, 0.15) is 12.4 Å². The minimum Gasteiger partial charge on any atom is -0.491 e. The third-order valence-corrected chi connectivity index (χ3v) is 2.17. The van der Waals surface area contributed by atoms with Crippen molar-refractivity contribution in [3.63, 3.8) is 0 Å². The number of hydrogen-bond donors (Lipinski definition) is 1. The van der Waals surface area contributed by atoms with Crippen molar-refractivity contribution in [3.05, 3.63) is 29.8 Å². The lowest BCUT2D eigenvalue weighted by Gasteiger charge is -2.10. The molecular weight excluding hydrogens is 204 g/mol. The molecule has 0 heterocycles. The summed E-state index contributed by atoms with van der Waals surface area (Å²) in [5, 5.41) is 9.33. The van der Waals surface area contributed by atoms with E-state index < -0.39 is 6.10 Å². The van der Waals surface area contributed by atoms with Crippen molar-refractivity contribution in [2.24, 2.45) is 0 Å². The number of aliphatic hydroxyl groups excluding tert-OH is 1. The minimum absolute atomic E-state index is 0.237. The Balaban J connectivity index is 2.32. The highest BCUT2D eigenvalue weighted by atomic mass is 16.5. The van der Waals surface area contributed by atoms with Gasteiger partial charge in [-0.1, -0.05) is 12.1 Å². The normalized spacial score (nSPS) is 12.8. The van der Waals surface area contributed by atoms with E-state index in [1.165, 1.54) is 0 Å². The number of aliphatic hydroxyl groups is 1.